The van der Waals surface area contributed by atoms with Crippen LogP contribution in [0.5, 0.6) is 0 Å². The van der Waals surface area contributed by atoms with E-state index in [1.807, 2.05) is 19.1 Å². The number of carbonyl (C=O) groups excluding carboxylic acids is 3. The van der Waals surface area contributed by atoms with Crippen molar-refractivity contribution in [2.45, 2.75) is 46.0 Å². The van der Waals surface area contributed by atoms with Crippen LogP contribution in [0.3, 0.4) is 0 Å². The van der Waals surface area contributed by atoms with Crippen molar-refractivity contribution >= 4 is 60.9 Å². The predicted molar refractivity (Wildman–Crippen MR) is 144 cm³/mol. The minimum Gasteiger partial charge on any atom is -0.326 e. The second-order valence-electron chi connectivity index (χ2n) is 9.06. The van der Waals surface area contributed by atoms with Gasteiger partial charge in [-0.2, -0.15) is 5.10 Å². The van der Waals surface area contributed by atoms with E-state index in [2.05, 4.69) is 41.3 Å². The Balaban J connectivity index is 1.41. The van der Waals surface area contributed by atoms with Crippen LogP contribution in [0, 0.1) is 13.8 Å². The molecule has 10 nitrogen and oxygen atoms in total. The lowest BCUT2D eigenvalue weighted by Crippen LogP contribution is -2.44. The maximum Gasteiger partial charge on any atom is 0.249 e. The second kappa shape index (κ2) is 10.3. The first kappa shape index (κ1) is 26.0. The van der Waals surface area contributed by atoms with Crippen LogP contribution in [0.15, 0.2) is 35.2 Å². The molecule has 5 rings (SSSR count). The van der Waals surface area contributed by atoms with Crippen LogP contribution in [0.25, 0.3) is 22.0 Å². The number of Topliss-reactive ketones (excluding diaryl/α,β-unsaturated/α-hetero) is 1. The molecule has 1 aliphatic heterocycles. The minimum absolute atomic E-state index is 0.108. The maximum absolute atomic E-state index is 14.4. The average Bonchev–Trinajstić information content (AvgIpc) is 3.54. The van der Waals surface area contributed by atoms with Crippen molar-refractivity contribution in [1.82, 2.24) is 29.6 Å². The normalized spacial score (nSPS) is 17.2. The Labute approximate surface area is 229 Å². The maximum atomic E-state index is 14.4. The molecular weight excluding hydrogens is 577 g/mol. The standard InChI is InChI=1S/C25H23BrFN7O3S/c1-12(35)22-18-6-15(16-8-28-14(3)29-9-16)4-5-19(18)34(32-22)11-21(36)33-10-17(27)7-20(33)24(37)31-25-30-23(26)13(2)38-25/h4-6,8-9,17,20H,7,10-11H2,1-3H3,(H,30,31,37)/t17-,20+/m1/s1. The van der Waals surface area contributed by atoms with Gasteiger partial charge in [-0.15, -0.1) is 11.3 Å². The smallest absolute Gasteiger partial charge is 0.249 e. The highest BCUT2D eigenvalue weighted by molar-refractivity contribution is 9.10. The number of thiazole rings is 1. The van der Waals surface area contributed by atoms with E-state index in [-0.39, 0.29) is 31.0 Å². The topological polar surface area (TPSA) is 123 Å². The Kier molecular flexibility index (Phi) is 7.05. The average molecular weight is 600 g/mol. The highest BCUT2D eigenvalue weighted by atomic mass is 79.9. The third-order valence-electron chi connectivity index (χ3n) is 6.33. The van der Waals surface area contributed by atoms with Gasteiger partial charge in [0.25, 0.3) is 0 Å². The molecule has 0 unspecified atom stereocenters. The van der Waals surface area contributed by atoms with Crippen LogP contribution in [0.1, 0.15) is 34.5 Å². The van der Waals surface area contributed by atoms with Crippen molar-refractivity contribution in [3.8, 4) is 11.1 Å². The summed E-state index contributed by atoms with van der Waals surface area (Å²) in [5, 5.41) is 8.03. The van der Waals surface area contributed by atoms with Crippen LogP contribution in [-0.4, -0.2) is 66.0 Å². The van der Waals surface area contributed by atoms with Gasteiger partial charge in [-0.05, 0) is 47.5 Å². The molecule has 0 saturated carbocycles. The van der Waals surface area contributed by atoms with Gasteiger partial charge in [0.1, 0.15) is 34.9 Å². The summed E-state index contributed by atoms with van der Waals surface area (Å²) in [4.78, 5) is 53.4. The summed E-state index contributed by atoms with van der Waals surface area (Å²) < 4.78 is 16.5. The summed E-state index contributed by atoms with van der Waals surface area (Å²) in [5.41, 5.74) is 2.36. The number of aromatic nitrogens is 5. The van der Waals surface area contributed by atoms with Gasteiger partial charge in [0.15, 0.2) is 10.9 Å². The van der Waals surface area contributed by atoms with Crippen molar-refractivity contribution in [2.24, 2.45) is 0 Å². The number of likely N-dealkylation sites (tertiary alicyclic amines) is 1. The molecule has 196 valence electrons. The molecule has 1 saturated heterocycles. The van der Waals surface area contributed by atoms with Crippen molar-refractivity contribution < 1.29 is 18.8 Å². The van der Waals surface area contributed by atoms with Gasteiger partial charge in [0.05, 0.1) is 12.1 Å². The molecule has 0 radical (unpaired) electrons. The number of hydrogen-bond donors (Lipinski definition) is 1. The minimum atomic E-state index is -1.33. The summed E-state index contributed by atoms with van der Waals surface area (Å²) in [6.07, 6.45) is 1.95. The predicted octanol–water partition coefficient (Wildman–Crippen LogP) is 4.11. The molecule has 4 aromatic rings. The molecule has 2 atom stereocenters. The van der Waals surface area contributed by atoms with E-state index in [4.69, 9.17) is 0 Å². The van der Waals surface area contributed by atoms with Gasteiger partial charge in [0.2, 0.25) is 11.8 Å². The number of aryl methyl sites for hydroxylation is 2. The van der Waals surface area contributed by atoms with Crippen molar-refractivity contribution in [3.05, 3.63) is 51.6 Å². The van der Waals surface area contributed by atoms with Gasteiger partial charge in [-0.3, -0.25) is 19.1 Å². The van der Waals surface area contributed by atoms with Gasteiger partial charge in [-0.25, -0.2) is 19.3 Å². The lowest BCUT2D eigenvalue weighted by Gasteiger charge is -2.23. The van der Waals surface area contributed by atoms with Crippen molar-refractivity contribution in [3.63, 3.8) is 0 Å². The van der Waals surface area contributed by atoms with Crippen molar-refractivity contribution in [1.29, 1.82) is 0 Å². The van der Waals surface area contributed by atoms with Crippen LogP contribution in [0.2, 0.25) is 0 Å². The summed E-state index contributed by atoms with van der Waals surface area (Å²) in [6.45, 7) is 4.59. The number of nitrogens with zero attached hydrogens (tertiary/aromatic N) is 6. The highest BCUT2D eigenvalue weighted by Crippen LogP contribution is 2.29. The zero-order chi connectivity index (χ0) is 27.1. The molecule has 0 aliphatic carbocycles. The number of rotatable bonds is 6. The third kappa shape index (κ3) is 5.07. The molecule has 4 heterocycles. The number of amides is 2. The number of fused-ring (bicyclic) bond motifs is 1. The molecule has 38 heavy (non-hydrogen) atoms. The van der Waals surface area contributed by atoms with E-state index in [0.29, 0.717) is 26.5 Å². The molecule has 3 aromatic heterocycles. The SMILES string of the molecule is CC(=O)c1nn(CC(=O)N2C[C@H](F)C[C@H]2C(=O)Nc2nc(Br)c(C)s2)c2ccc(-c3cnc(C)nc3)cc12. The zero-order valence-corrected chi connectivity index (χ0v) is 23.1. The van der Waals surface area contributed by atoms with Crippen LogP contribution >= 0.6 is 27.3 Å². The number of benzene rings is 1. The molecule has 1 aliphatic rings. The second-order valence-corrected chi connectivity index (χ2v) is 11.0. The molecule has 0 bridgehead atoms. The van der Waals surface area contributed by atoms with E-state index >= 15 is 0 Å². The first-order valence-electron chi connectivity index (χ1n) is 11.8. The van der Waals surface area contributed by atoms with Gasteiger partial charge < -0.3 is 10.2 Å². The number of anilines is 1. The van der Waals surface area contributed by atoms with E-state index < -0.39 is 24.0 Å². The highest BCUT2D eigenvalue weighted by Gasteiger charge is 2.40. The number of carbonyl (C=O) groups is 3. The van der Waals surface area contributed by atoms with Gasteiger partial charge in [0, 0.05) is 41.6 Å². The Hall–Kier alpha value is -3.58. The van der Waals surface area contributed by atoms with E-state index in [9.17, 15) is 18.8 Å². The van der Waals surface area contributed by atoms with E-state index in [0.717, 1.165) is 16.0 Å². The number of nitrogens with one attached hydrogen (secondary N) is 1. The third-order valence-corrected chi connectivity index (χ3v) is 8.25. The first-order chi connectivity index (χ1) is 18.1. The molecule has 1 aromatic carbocycles. The summed E-state index contributed by atoms with van der Waals surface area (Å²) in [5.74, 6) is -0.591. The molecular formula is C25H23BrFN7O3S. The van der Waals surface area contributed by atoms with E-state index in [1.54, 1.807) is 25.4 Å². The quantitative estimate of drug-likeness (QED) is 0.331. The number of hydrogen-bond acceptors (Lipinski definition) is 8. The van der Waals surface area contributed by atoms with Crippen LogP contribution in [-0.2, 0) is 16.1 Å². The number of halogens is 2. The Morgan fingerprint density at radius 1 is 1.18 bits per heavy atom. The Morgan fingerprint density at radius 3 is 2.58 bits per heavy atom. The fraction of sp³-hybridized carbons (Fsp3) is 0.320. The fourth-order valence-electron chi connectivity index (χ4n) is 4.43. The van der Waals surface area contributed by atoms with Crippen molar-refractivity contribution in [2.75, 3.05) is 11.9 Å². The number of alkyl halides is 1. The first-order valence-corrected chi connectivity index (χ1v) is 13.4. The Morgan fingerprint density at radius 2 is 1.92 bits per heavy atom. The largest absolute Gasteiger partial charge is 0.326 e. The Bertz CT molecular complexity index is 1550. The molecule has 1 N–H and O–H groups in total. The van der Waals surface area contributed by atoms with Gasteiger partial charge >= 0.3 is 0 Å². The molecule has 13 heteroatoms. The summed E-state index contributed by atoms with van der Waals surface area (Å²) >= 11 is 4.59. The summed E-state index contributed by atoms with van der Waals surface area (Å²) in [6, 6.07) is 4.43. The lowest BCUT2D eigenvalue weighted by molar-refractivity contribution is -0.137. The lowest BCUT2D eigenvalue weighted by atomic mass is 10.0. The number of ketones is 1. The summed E-state index contributed by atoms with van der Waals surface area (Å²) in [7, 11) is 0. The zero-order valence-electron chi connectivity index (χ0n) is 20.7. The van der Waals surface area contributed by atoms with Crippen LogP contribution in [0.4, 0.5) is 9.52 Å². The monoisotopic (exact) mass is 599 g/mol. The van der Waals surface area contributed by atoms with Crippen LogP contribution < -0.4 is 5.32 Å². The molecule has 2 amide bonds. The molecule has 1 fully saturated rings. The fourth-order valence-corrected chi connectivity index (χ4v) is 5.67. The van der Waals surface area contributed by atoms with E-state index in [1.165, 1.54) is 27.8 Å². The van der Waals surface area contributed by atoms with Gasteiger partial charge in [-0.1, -0.05) is 6.07 Å². The molecule has 0 spiro atoms.